The number of aliphatic carboxylic acids is 1. The van der Waals surface area contributed by atoms with Crippen LogP contribution < -0.4 is 10.9 Å². The molecule has 0 saturated carbocycles. The maximum absolute atomic E-state index is 11.9. The summed E-state index contributed by atoms with van der Waals surface area (Å²) in [6.45, 7) is 7.69. The molecule has 1 amide bonds. The molecule has 25 heavy (non-hydrogen) atoms. The summed E-state index contributed by atoms with van der Waals surface area (Å²) in [5.41, 5.74) is 0.819. The van der Waals surface area contributed by atoms with Gasteiger partial charge in [-0.05, 0) is 47.0 Å². The topological polar surface area (TPSA) is 121 Å². The molecule has 0 saturated heterocycles. The van der Waals surface area contributed by atoms with Crippen molar-refractivity contribution in [2.24, 2.45) is 0 Å². The van der Waals surface area contributed by atoms with E-state index in [1.54, 1.807) is 27.7 Å². The molecule has 1 aromatic rings. The second-order valence-corrected chi connectivity index (χ2v) is 6.86. The number of carboxylic acids is 1. The largest absolute Gasteiger partial charge is 0.481 e. The number of amides is 1. The third-order valence-electron chi connectivity index (χ3n) is 3.36. The number of rotatable bonds is 8. The average Bonchev–Trinajstić information content (AvgIpc) is 2.46. The minimum absolute atomic E-state index is 0.117. The highest BCUT2D eigenvalue weighted by Crippen LogP contribution is 2.08. The molecule has 0 aliphatic carbocycles. The predicted octanol–water partition coefficient (Wildman–Crippen LogP) is 1.94. The number of H-pyrrole nitrogens is 1. The number of carbonyl (C=O) groups excluding carboxylic acids is 1. The second kappa shape index (κ2) is 9.19. The monoisotopic (exact) mass is 353 g/mol. The molecule has 0 fully saturated rings. The van der Waals surface area contributed by atoms with Gasteiger partial charge in [0.2, 0.25) is 0 Å². The number of carbonyl (C=O) groups is 2. The highest BCUT2D eigenvalue weighted by molar-refractivity contribution is 5.67. The SMILES string of the molecule is Cc1nc(CCC(=O)O)c(=O)[nH]c1CCCCNC(=O)OC(C)(C)C. The molecule has 0 aliphatic heterocycles. The number of nitrogens with one attached hydrogen (secondary N) is 2. The molecule has 0 spiro atoms. The molecule has 0 unspecified atom stereocenters. The average molecular weight is 353 g/mol. The number of carboxylic acid groups (broad SMARTS) is 1. The molecule has 1 aromatic heterocycles. The van der Waals surface area contributed by atoms with Crippen LogP contribution in [0.5, 0.6) is 0 Å². The first-order valence-corrected chi connectivity index (χ1v) is 8.36. The fourth-order valence-corrected chi connectivity index (χ4v) is 2.19. The molecule has 3 N–H and O–H groups in total. The van der Waals surface area contributed by atoms with Gasteiger partial charge in [0.1, 0.15) is 11.3 Å². The van der Waals surface area contributed by atoms with Crippen molar-refractivity contribution in [2.75, 3.05) is 6.54 Å². The molecule has 8 heteroatoms. The highest BCUT2D eigenvalue weighted by atomic mass is 16.6. The van der Waals surface area contributed by atoms with Gasteiger partial charge in [0.15, 0.2) is 0 Å². The van der Waals surface area contributed by atoms with Crippen LogP contribution in [0.4, 0.5) is 4.79 Å². The maximum Gasteiger partial charge on any atom is 0.407 e. The highest BCUT2D eigenvalue weighted by Gasteiger charge is 2.15. The van der Waals surface area contributed by atoms with E-state index in [1.807, 2.05) is 0 Å². The molecule has 8 nitrogen and oxygen atoms in total. The lowest BCUT2D eigenvalue weighted by molar-refractivity contribution is -0.136. The lowest BCUT2D eigenvalue weighted by Crippen LogP contribution is -2.33. The van der Waals surface area contributed by atoms with Gasteiger partial charge < -0.3 is 20.1 Å². The number of alkyl carbamates (subject to hydrolysis) is 1. The third-order valence-corrected chi connectivity index (χ3v) is 3.36. The van der Waals surface area contributed by atoms with Gasteiger partial charge >= 0.3 is 12.1 Å². The van der Waals surface area contributed by atoms with Gasteiger partial charge in [0, 0.05) is 18.7 Å². The van der Waals surface area contributed by atoms with Crippen molar-refractivity contribution >= 4 is 12.1 Å². The maximum atomic E-state index is 11.9. The van der Waals surface area contributed by atoms with Crippen molar-refractivity contribution < 1.29 is 19.4 Å². The Morgan fingerprint density at radius 1 is 1.24 bits per heavy atom. The zero-order chi connectivity index (χ0) is 19.0. The van der Waals surface area contributed by atoms with Crippen LogP contribution in [0.25, 0.3) is 0 Å². The van der Waals surface area contributed by atoms with Crippen molar-refractivity contribution in [3.05, 3.63) is 27.4 Å². The quantitative estimate of drug-likeness (QED) is 0.614. The van der Waals surface area contributed by atoms with Gasteiger partial charge in [0.05, 0.1) is 12.1 Å². The summed E-state index contributed by atoms with van der Waals surface area (Å²) in [6, 6.07) is 0. The zero-order valence-corrected chi connectivity index (χ0v) is 15.3. The van der Waals surface area contributed by atoms with Crippen molar-refractivity contribution in [3.8, 4) is 0 Å². The molecular weight excluding hydrogens is 326 g/mol. The number of hydrogen-bond donors (Lipinski definition) is 3. The van der Waals surface area contributed by atoms with Gasteiger partial charge in [-0.3, -0.25) is 14.6 Å². The number of hydrogen-bond acceptors (Lipinski definition) is 5. The molecular formula is C17H27N3O5. The first-order chi connectivity index (χ1) is 11.6. The minimum Gasteiger partial charge on any atom is -0.481 e. The van der Waals surface area contributed by atoms with Crippen molar-refractivity contribution in [1.82, 2.24) is 15.3 Å². The van der Waals surface area contributed by atoms with Crippen LogP contribution >= 0.6 is 0 Å². The van der Waals surface area contributed by atoms with E-state index in [0.29, 0.717) is 18.7 Å². The van der Waals surface area contributed by atoms with E-state index in [-0.39, 0.29) is 24.1 Å². The summed E-state index contributed by atoms with van der Waals surface area (Å²) in [5.74, 6) is -0.958. The van der Waals surface area contributed by atoms with E-state index in [0.717, 1.165) is 18.5 Å². The summed E-state index contributed by atoms with van der Waals surface area (Å²) in [5, 5.41) is 11.4. The Labute approximate surface area is 147 Å². The Hall–Kier alpha value is -2.38. The normalized spacial score (nSPS) is 11.2. The van der Waals surface area contributed by atoms with Crippen LogP contribution in [0, 0.1) is 6.92 Å². The number of aromatic nitrogens is 2. The van der Waals surface area contributed by atoms with Crippen LogP contribution in [-0.4, -0.2) is 39.3 Å². The predicted molar refractivity (Wildman–Crippen MR) is 92.7 cm³/mol. The van der Waals surface area contributed by atoms with Gasteiger partial charge in [-0.15, -0.1) is 0 Å². The van der Waals surface area contributed by atoms with Crippen molar-refractivity contribution in [2.45, 2.75) is 65.4 Å². The molecule has 0 atom stereocenters. The standard InChI is InChI=1S/C17H27N3O5/c1-11-12(20-15(23)13(19-11)8-9-14(21)22)7-5-6-10-18-16(24)25-17(2,3)4/h5-10H2,1-4H3,(H,18,24)(H,20,23)(H,21,22). The van der Waals surface area contributed by atoms with Crippen LogP contribution in [0.1, 0.15) is 57.1 Å². The lowest BCUT2D eigenvalue weighted by Gasteiger charge is -2.19. The van der Waals surface area contributed by atoms with Gasteiger partial charge in [-0.1, -0.05) is 0 Å². The van der Waals surface area contributed by atoms with Crippen LogP contribution in [0.15, 0.2) is 4.79 Å². The first kappa shape index (κ1) is 20.7. The van der Waals surface area contributed by atoms with E-state index in [9.17, 15) is 14.4 Å². The first-order valence-electron chi connectivity index (χ1n) is 8.36. The van der Waals surface area contributed by atoms with Crippen molar-refractivity contribution in [3.63, 3.8) is 0 Å². The Kier molecular flexibility index (Phi) is 7.60. The number of unbranched alkanes of at least 4 members (excludes halogenated alkanes) is 1. The molecule has 1 heterocycles. The summed E-state index contributed by atoms with van der Waals surface area (Å²) >= 11 is 0. The molecule has 0 aliphatic rings. The number of aromatic amines is 1. The summed E-state index contributed by atoms with van der Waals surface area (Å²) < 4.78 is 5.14. The third kappa shape index (κ3) is 8.32. The second-order valence-electron chi connectivity index (χ2n) is 6.86. The smallest absolute Gasteiger partial charge is 0.407 e. The molecule has 0 aromatic carbocycles. The Morgan fingerprint density at radius 2 is 1.92 bits per heavy atom. The minimum atomic E-state index is -0.958. The number of ether oxygens (including phenoxy) is 1. The van der Waals surface area contributed by atoms with Crippen molar-refractivity contribution in [1.29, 1.82) is 0 Å². The number of aryl methyl sites for hydroxylation is 3. The van der Waals surface area contributed by atoms with E-state index >= 15 is 0 Å². The molecule has 0 radical (unpaired) electrons. The van der Waals surface area contributed by atoms with Crippen LogP contribution in [0.3, 0.4) is 0 Å². The van der Waals surface area contributed by atoms with Gasteiger partial charge in [-0.2, -0.15) is 0 Å². The van der Waals surface area contributed by atoms with E-state index in [1.165, 1.54) is 0 Å². The Bertz CT molecular complexity index is 661. The summed E-state index contributed by atoms with van der Waals surface area (Å²) in [4.78, 5) is 41.0. The van der Waals surface area contributed by atoms with Crippen LogP contribution in [-0.2, 0) is 22.4 Å². The fraction of sp³-hybridized carbons (Fsp3) is 0.647. The number of nitrogens with zero attached hydrogens (tertiary/aromatic N) is 1. The van der Waals surface area contributed by atoms with E-state index < -0.39 is 17.7 Å². The van der Waals surface area contributed by atoms with E-state index in [4.69, 9.17) is 9.84 Å². The summed E-state index contributed by atoms with van der Waals surface area (Å²) in [7, 11) is 0. The lowest BCUT2D eigenvalue weighted by atomic mass is 10.1. The van der Waals surface area contributed by atoms with Gasteiger partial charge in [0.25, 0.3) is 5.56 Å². The molecule has 140 valence electrons. The summed E-state index contributed by atoms with van der Waals surface area (Å²) in [6.07, 6.45) is 1.69. The molecule has 0 bridgehead atoms. The molecule has 1 rings (SSSR count). The van der Waals surface area contributed by atoms with E-state index in [2.05, 4.69) is 15.3 Å². The zero-order valence-electron chi connectivity index (χ0n) is 15.3. The Morgan fingerprint density at radius 3 is 2.52 bits per heavy atom. The van der Waals surface area contributed by atoms with Crippen LogP contribution in [0.2, 0.25) is 0 Å². The Balaban J connectivity index is 2.43. The fourth-order valence-electron chi connectivity index (χ4n) is 2.19. The van der Waals surface area contributed by atoms with Gasteiger partial charge in [-0.25, -0.2) is 4.79 Å².